The van der Waals surface area contributed by atoms with Crippen LogP contribution in [0.2, 0.25) is 0 Å². The quantitative estimate of drug-likeness (QED) is 0.473. The molecule has 4 rings (SSSR count). The Hall–Kier alpha value is -1.62. The molecule has 0 aromatic heterocycles. The molecule has 0 saturated heterocycles. The summed E-state index contributed by atoms with van der Waals surface area (Å²) in [5.74, 6) is 2.65. The zero-order valence-electron chi connectivity index (χ0n) is 17.9. The van der Waals surface area contributed by atoms with Crippen LogP contribution < -0.4 is 0 Å². The second-order valence-electron chi connectivity index (χ2n) is 8.83. The van der Waals surface area contributed by atoms with Gasteiger partial charge in [0.05, 0.1) is 12.7 Å². The smallest absolute Gasteiger partial charge is 0.333 e. The van der Waals surface area contributed by atoms with Gasteiger partial charge in [-0.15, -0.1) is 0 Å². The summed E-state index contributed by atoms with van der Waals surface area (Å²) >= 11 is 0. The van der Waals surface area contributed by atoms with Crippen LogP contribution in [0.25, 0.3) is 0 Å². The Balaban J connectivity index is 0.000000211. The van der Waals surface area contributed by atoms with Crippen molar-refractivity contribution in [3.05, 3.63) is 24.3 Å². The Labute approximate surface area is 169 Å². The highest BCUT2D eigenvalue weighted by atomic mass is 16.5. The Kier molecular flexibility index (Phi) is 8.29. The maximum atomic E-state index is 11.6. The van der Waals surface area contributed by atoms with Crippen LogP contribution in [-0.2, 0) is 23.8 Å². The van der Waals surface area contributed by atoms with Gasteiger partial charge in [0, 0.05) is 24.7 Å². The normalized spacial score (nSPS) is 30.6. The molecule has 4 saturated carbocycles. The molecule has 4 aliphatic carbocycles. The van der Waals surface area contributed by atoms with E-state index in [1.807, 2.05) is 6.92 Å². The Morgan fingerprint density at radius 2 is 1.43 bits per heavy atom. The highest BCUT2D eigenvalue weighted by Gasteiger charge is 2.49. The number of hydrogen-bond acceptors (Lipinski definition) is 5. The third-order valence-corrected chi connectivity index (χ3v) is 6.24. The van der Waals surface area contributed by atoms with Crippen molar-refractivity contribution in [1.29, 1.82) is 0 Å². The van der Waals surface area contributed by atoms with Crippen molar-refractivity contribution in [3.8, 4) is 0 Å². The minimum atomic E-state index is -0.335. The first-order chi connectivity index (χ1) is 13.2. The van der Waals surface area contributed by atoms with Crippen molar-refractivity contribution >= 4 is 11.9 Å². The van der Waals surface area contributed by atoms with Crippen molar-refractivity contribution in [1.82, 2.24) is 0 Å². The van der Waals surface area contributed by atoms with E-state index in [2.05, 4.69) is 13.2 Å². The SMILES string of the molecule is C=C(C)C(=O)OC1C2CC3CC(C2)CC1C3.C=C(C)C(=O)OCCC(C)OC. The fraction of sp³-hybridized carbons (Fsp3) is 0.739. The summed E-state index contributed by atoms with van der Waals surface area (Å²) in [5.41, 5.74) is 0.967. The van der Waals surface area contributed by atoms with Gasteiger partial charge in [0.25, 0.3) is 0 Å². The number of carbonyl (C=O) groups excluding carboxylic acids is 2. The van der Waals surface area contributed by atoms with E-state index in [0.717, 1.165) is 18.3 Å². The second-order valence-corrected chi connectivity index (χ2v) is 8.83. The van der Waals surface area contributed by atoms with Crippen LogP contribution in [0.5, 0.6) is 0 Å². The molecule has 0 radical (unpaired) electrons. The summed E-state index contributed by atoms with van der Waals surface area (Å²) in [6.07, 6.45) is 7.66. The van der Waals surface area contributed by atoms with E-state index in [0.29, 0.717) is 29.6 Å². The van der Waals surface area contributed by atoms with Gasteiger partial charge in [0.1, 0.15) is 6.10 Å². The average Bonchev–Trinajstić information content (AvgIpc) is 2.63. The summed E-state index contributed by atoms with van der Waals surface area (Å²) < 4.78 is 15.5. The molecule has 0 aromatic carbocycles. The van der Waals surface area contributed by atoms with Crippen LogP contribution in [0.3, 0.4) is 0 Å². The number of rotatable bonds is 7. The molecule has 0 amide bonds. The largest absolute Gasteiger partial charge is 0.462 e. The first-order valence-corrected chi connectivity index (χ1v) is 10.4. The Morgan fingerprint density at radius 3 is 1.86 bits per heavy atom. The monoisotopic (exact) mass is 392 g/mol. The first kappa shape index (κ1) is 22.7. The van der Waals surface area contributed by atoms with Gasteiger partial charge < -0.3 is 14.2 Å². The lowest BCUT2D eigenvalue weighted by Crippen LogP contribution is -2.50. The van der Waals surface area contributed by atoms with Crippen LogP contribution in [0, 0.1) is 23.7 Å². The van der Waals surface area contributed by atoms with E-state index in [4.69, 9.17) is 14.2 Å². The number of methoxy groups -OCH3 is 1. The van der Waals surface area contributed by atoms with E-state index in [-0.39, 0.29) is 24.1 Å². The maximum absolute atomic E-state index is 11.6. The summed E-state index contributed by atoms with van der Waals surface area (Å²) in [6.45, 7) is 12.8. The van der Waals surface area contributed by atoms with E-state index in [9.17, 15) is 9.59 Å². The number of esters is 2. The van der Waals surface area contributed by atoms with Gasteiger partial charge in [-0.2, -0.15) is 0 Å². The van der Waals surface area contributed by atoms with E-state index < -0.39 is 0 Å². The molecule has 1 atom stereocenters. The summed E-state index contributed by atoms with van der Waals surface area (Å²) in [7, 11) is 1.63. The van der Waals surface area contributed by atoms with E-state index in [1.165, 1.54) is 32.1 Å². The Bertz CT molecular complexity index is 566. The Morgan fingerprint density at radius 1 is 0.929 bits per heavy atom. The molecule has 5 heteroatoms. The molecule has 0 heterocycles. The number of ether oxygens (including phenoxy) is 3. The highest BCUT2D eigenvalue weighted by molar-refractivity contribution is 5.87. The van der Waals surface area contributed by atoms with Crippen molar-refractivity contribution in [3.63, 3.8) is 0 Å². The van der Waals surface area contributed by atoms with Gasteiger partial charge in [-0.3, -0.25) is 0 Å². The van der Waals surface area contributed by atoms with E-state index in [1.54, 1.807) is 21.0 Å². The molecule has 4 bridgehead atoms. The number of hydrogen-bond donors (Lipinski definition) is 0. The molecule has 0 aliphatic heterocycles. The van der Waals surface area contributed by atoms with Crippen LogP contribution >= 0.6 is 0 Å². The lowest BCUT2D eigenvalue weighted by atomic mass is 9.55. The zero-order chi connectivity index (χ0) is 20.8. The molecular weight excluding hydrogens is 356 g/mol. The van der Waals surface area contributed by atoms with Gasteiger partial charge in [0.15, 0.2) is 0 Å². The van der Waals surface area contributed by atoms with Crippen LogP contribution in [0.15, 0.2) is 24.3 Å². The molecule has 28 heavy (non-hydrogen) atoms. The van der Waals surface area contributed by atoms with Gasteiger partial charge in [-0.1, -0.05) is 13.2 Å². The average molecular weight is 393 g/mol. The second kappa shape index (κ2) is 10.2. The first-order valence-electron chi connectivity index (χ1n) is 10.4. The number of carbonyl (C=O) groups is 2. The minimum absolute atomic E-state index is 0.128. The topological polar surface area (TPSA) is 61.8 Å². The van der Waals surface area contributed by atoms with Crippen molar-refractivity contribution in [2.75, 3.05) is 13.7 Å². The summed E-state index contributed by atoms with van der Waals surface area (Å²) in [4.78, 5) is 22.5. The molecular formula is C23H36O5. The maximum Gasteiger partial charge on any atom is 0.333 e. The highest BCUT2D eigenvalue weighted by Crippen LogP contribution is 2.54. The lowest BCUT2D eigenvalue weighted by molar-refractivity contribution is -0.166. The molecule has 1 unspecified atom stereocenters. The zero-order valence-corrected chi connectivity index (χ0v) is 17.9. The summed E-state index contributed by atoms with van der Waals surface area (Å²) in [6, 6.07) is 0. The minimum Gasteiger partial charge on any atom is -0.462 e. The van der Waals surface area contributed by atoms with Crippen molar-refractivity contribution in [2.24, 2.45) is 23.7 Å². The van der Waals surface area contributed by atoms with E-state index >= 15 is 0 Å². The van der Waals surface area contributed by atoms with Gasteiger partial charge >= 0.3 is 11.9 Å². The predicted molar refractivity (Wildman–Crippen MR) is 109 cm³/mol. The van der Waals surface area contributed by atoms with Crippen LogP contribution in [-0.4, -0.2) is 37.9 Å². The molecule has 4 fully saturated rings. The molecule has 5 nitrogen and oxygen atoms in total. The standard InChI is InChI=1S/C14H20O2.C9H16O3/c1-8(2)14(15)16-13-11-4-9-3-10(6-11)7-12(13)5-9;1-7(2)9(10)12-6-5-8(3)11-4/h9-13H,1,3-7H2,2H3;8H,1,5-6H2,2-4H3. The fourth-order valence-electron chi connectivity index (χ4n) is 4.85. The van der Waals surface area contributed by atoms with Gasteiger partial charge in [-0.25, -0.2) is 9.59 Å². The predicted octanol–water partition coefficient (Wildman–Crippen LogP) is 4.46. The molecule has 158 valence electrons. The molecule has 0 aromatic rings. The van der Waals surface area contributed by atoms with Crippen molar-refractivity contribution in [2.45, 2.75) is 71.5 Å². The summed E-state index contributed by atoms with van der Waals surface area (Å²) in [5, 5.41) is 0. The van der Waals surface area contributed by atoms with Gasteiger partial charge in [0.2, 0.25) is 0 Å². The van der Waals surface area contributed by atoms with Crippen LogP contribution in [0.1, 0.15) is 59.3 Å². The van der Waals surface area contributed by atoms with Gasteiger partial charge in [-0.05, 0) is 76.5 Å². The third-order valence-electron chi connectivity index (χ3n) is 6.24. The molecule has 4 aliphatic rings. The lowest BCUT2D eigenvalue weighted by Gasteiger charge is -2.53. The van der Waals surface area contributed by atoms with Crippen molar-refractivity contribution < 1.29 is 23.8 Å². The fourth-order valence-corrected chi connectivity index (χ4v) is 4.85. The third kappa shape index (κ3) is 6.20. The van der Waals surface area contributed by atoms with Crippen LogP contribution in [0.4, 0.5) is 0 Å². The molecule has 0 N–H and O–H groups in total. The molecule has 0 spiro atoms.